The lowest BCUT2D eigenvalue weighted by Crippen LogP contribution is -2.46. The topological polar surface area (TPSA) is 139 Å². The molecule has 1 aliphatic rings. The highest BCUT2D eigenvalue weighted by Gasteiger charge is 2.31. The third kappa shape index (κ3) is 5.88. The summed E-state index contributed by atoms with van der Waals surface area (Å²) in [6.07, 6.45) is -0.685. The summed E-state index contributed by atoms with van der Waals surface area (Å²) < 4.78 is 5.40. The molecule has 1 atom stereocenters. The van der Waals surface area contributed by atoms with Crippen molar-refractivity contribution in [2.75, 3.05) is 12.8 Å². The van der Waals surface area contributed by atoms with E-state index in [1.807, 2.05) is 60.7 Å². The largest absolute Gasteiger partial charge is 0.480 e. The first-order valence-corrected chi connectivity index (χ1v) is 13.6. The van der Waals surface area contributed by atoms with Crippen molar-refractivity contribution in [3.05, 3.63) is 89.1 Å². The third-order valence-electron chi connectivity index (χ3n) is 7.22. The number of benzene rings is 3. The molecule has 3 N–H and O–H groups in total. The zero-order valence-electron chi connectivity index (χ0n) is 24.0. The van der Waals surface area contributed by atoms with Crippen LogP contribution in [0.15, 0.2) is 66.7 Å². The second-order valence-electron chi connectivity index (χ2n) is 11.4. The number of aliphatic carboxylic acids is 1. The molecule has 0 saturated heterocycles. The molecule has 4 aromatic rings. The SMILES string of the molecule is CN(C(=O)OC(C)(C)C)C(Cc1ccccc1-c1ccc2nc(N)nc(C(=O)N3Cc4ccccc4C3)c2c1)C(=O)O. The van der Waals surface area contributed by atoms with Crippen LogP contribution in [-0.4, -0.2) is 61.5 Å². The van der Waals surface area contributed by atoms with E-state index in [1.165, 1.54) is 7.05 Å². The molecular formula is C32H33N5O5. The summed E-state index contributed by atoms with van der Waals surface area (Å²) in [5.41, 5.74) is 10.4. The lowest BCUT2D eigenvalue weighted by Gasteiger charge is -2.29. The summed E-state index contributed by atoms with van der Waals surface area (Å²) in [5, 5.41) is 10.6. The van der Waals surface area contributed by atoms with Crippen molar-refractivity contribution < 1.29 is 24.2 Å². The first-order chi connectivity index (χ1) is 19.9. The minimum Gasteiger partial charge on any atom is -0.480 e. The minimum absolute atomic E-state index is 0.00481. The fourth-order valence-electron chi connectivity index (χ4n) is 5.14. The number of hydrogen-bond acceptors (Lipinski definition) is 7. The van der Waals surface area contributed by atoms with Gasteiger partial charge in [-0.05, 0) is 60.7 Å². The van der Waals surface area contributed by atoms with E-state index < -0.39 is 23.7 Å². The molecule has 1 unspecified atom stereocenters. The highest BCUT2D eigenvalue weighted by molar-refractivity contribution is 6.06. The number of aromatic nitrogens is 2. The standard InChI is InChI=1S/C32H33N5O5/c1-32(2,3)42-31(41)36(4)26(29(39)40)16-19-9-7-8-12-23(19)20-13-14-25-24(15-20)27(35-30(33)34-25)28(38)37-17-21-10-5-6-11-22(21)18-37/h5-15,26H,16-18H2,1-4H3,(H,39,40)(H2,33,34,35). The van der Waals surface area contributed by atoms with Crippen LogP contribution in [0.5, 0.6) is 0 Å². The van der Waals surface area contributed by atoms with Gasteiger partial charge in [-0.2, -0.15) is 0 Å². The number of carboxylic acids is 1. The van der Waals surface area contributed by atoms with Gasteiger partial charge in [0.15, 0.2) is 0 Å². The van der Waals surface area contributed by atoms with Crippen LogP contribution in [0.1, 0.15) is 48.0 Å². The number of carboxylic acid groups (broad SMARTS) is 1. The zero-order valence-corrected chi connectivity index (χ0v) is 24.0. The van der Waals surface area contributed by atoms with E-state index in [9.17, 15) is 19.5 Å². The van der Waals surface area contributed by atoms with E-state index in [-0.39, 0.29) is 24.0 Å². The number of hydrogen-bond donors (Lipinski definition) is 2. The van der Waals surface area contributed by atoms with Crippen molar-refractivity contribution in [1.82, 2.24) is 19.8 Å². The fourth-order valence-corrected chi connectivity index (χ4v) is 5.14. The molecule has 0 aliphatic carbocycles. The van der Waals surface area contributed by atoms with Gasteiger partial charge in [0, 0.05) is 31.9 Å². The first kappa shape index (κ1) is 28.5. The van der Waals surface area contributed by atoms with Crippen molar-refractivity contribution in [1.29, 1.82) is 0 Å². The predicted molar refractivity (Wildman–Crippen MR) is 159 cm³/mol. The Labute approximate surface area is 243 Å². The predicted octanol–water partition coefficient (Wildman–Crippen LogP) is 4.90. The van der Waals surface area contributed by atoms with E-state index >= 15 is 0 Å². The average molecular weight is 568 g/mol. The minimum atomic E-state index is -1.17. The maximum Gasteiger partial charge on any atom is 0.410 e. The van der Waals surface area contributed by atoms with E-state index in [2.05, 4.69) is 9.97 Å². The van der Waals surface area contributed by atoms with Crippen LogP contribution in [0.2, 0.25) is 0 Å². The molecule has 216 valence electrons. The molecule has 2 amide bonds. The summed E-state index contributed by atoms with van der Waals surface area (Å²) in [6.45, 7) is 6.13. The molecule has 42 heavy (non-hydrogen) atoms. The second-order valence-corrected chi connectivity index (χ2v) is 11.4. The number of anilines is 1. The van der Waals surface area contributed by atoms with Gasteiger partial charge in [0.05, 0.1) is 5.52 Å². The summed E-state index contributed by atoms with van der Waals surface area (Å²) in [4.78, 5) is 50.2. The van der Waals surface area contributed by atoms with Gasteiger partial charge in [0.2, 0.25) is 5.95 Å². The number of likely N-dealkylation sites (N-methyl/N-ethyl adjacent to an activating group) is 1. The Morgan fingerprint density at radius 1 is 1.00 bits per heavy atom. The maximum absolute atomic E-state index is 13.7. The Morgan fingerprint density at radius 2 is 1.64 bits per heavy atom. The molecular weight excluding hydrogens is 534 g/mol. The summed E-state index contributed by atoms with van der Waals surface area (Å²) >= 11 is 0. The van der Waals surface area contributed by atoms with Crippen LogP contribution in [0, 0.1) is 0 Å². The Hall–Kier alpha value is -4.99. The zero-order chi connectivity index (χ0) is 30.2. The number of rotatable bonds is 6. The molecule has 1 aromatic heterocycles. The number of ether oxygens (including phenoxy) is 1. The smallest absolute Gasteiger partial charge is 0.410 e. The van der Waals surface area contributed by atoms with Crippen molar-refractivity contribution in [3.63, 3.8) is 0 Å². The molecule has 0 spiro atoms. The van der Waals surface area contributed by atoms with E-state index in [0.717, 1.165) is 27.2 Å². The monoisotopic (exact) mass is 567 g/mol. The van der Waals surface area contributed by atoms with Crippen molar-refractivity contribution >= 4 is 34.8 Å². The van der Waals surface area contributed by atoms with E-state index in [0.29, 0.717) is 29.6 Å². The van der Waals surface area contributed by atoms with Gasteiger partial charge >= 0.3 is 12.1 Å². The number of amides is 2. The Morgan fingerprint density at radius 3 is 2.29 bits per heavy atom. The number of carbonyl (C=O) groups is 3. The summed E-state index contributed by atoms with van der Waals surface area (Å²) in [6, 6.07) is 19.6. The molecule has 0 saturated carbocycles. The van der Waals surface area contributed by atoms with Gasteiger partial charge in [-0.1, -0.05) is 54.6 Å². The third-order valence-corrected chi connectivity index (χ3v) is 7.22. The lowest BCUT2D eigenvalue weighted by molar-refractivity contribution is -0.142. The van der Waals surface area contributed by atoms with Gasteiger partial charge in [0.25, 0.3) is 5.91 Å². The van der Waals surface area contributed by atoms with Crippen molar-refractivity contribution in [2.24, 2.45) is 0 Å². The van der Waals surface area contributed by atoms with Gasteiger partial charge < -0.3 is 20.5 Å². The maximum atomic E-state index is 13.7. The molecule has 5 rings (SSSR count). The molecule has 0 fully saturated rings. The quantitative estimate of drug-likeness (QED) is 0.336. The van der Waals surface area contributed by atoms with Crippen molar-refractivity contribution in [3.8, 4) is 11.1 Å². The van der Waals surface area contributed by atoms with Gasteiger partial charge in [-0.15, -0.1) is 0 Å². The van der Waals surface area contributed by atoms with E-state index in [4.69, 9.17) is 10.5 Å². The number of fused-ring (bicyclic) bond motifs is 2. The first-order valence-electron chi connectivity index (χ1n) is 13.6. The Balaban J connectivity index is 1.50. The van der Waals surface area contributed by atoms with Crippen LogP contribution in [0.3, 0.4) is 0 Å². The number of nitrogens with zero attached hydrogens (tertiary/aromatic N) is 4. The van der Waals surface area contributed by atoms with Crippen LogP contribution < -0.4 is 5.73 Å². The van der Waals surface area contributed by atoms with Gasteiger partial charge in [-0.25, -0.2) is 19.6 Å². The fraction of sp³-hybridized carbons (Fsp3) is 0.281. The lowest BCUT2D eigenvalue weighted by atomic mass is 9.93. The highest BCUT2D eigenvalue weighted by Crippen LogP contribution is 2.31. The molecule has 3 aromatic carbocycles. The summed E-state index contributed by atoms with van der Waals surface area (Å²) in [7, 11) is 1.42. The van der Waals surface area contributed by atoms with Gasteiger partial charge in [-0.3, -0.25) is 9.69 Å². The number of carbonyl (C=O) groups excluding carboxylic acids is 2. The summed E-state index contributed by atoms with van der Waals surface area (Å²) in [5.74, 6) is -1.40. The van der Waals surface area contributed by atoms with Crippen LogP contribution >= 0.6 is 0 Å². The highest BCUT2D eigenvalue weighted by atomic mass is 16.6. The molecule has 1 aliphatic heterocycles. The van der Waals surface area contributed by atoms with E-state index in [1.54, 1.807) is 31.7 Å². The van der Waals surface area contributed by atoms with Gasteiger partial charge in [0.1, 0.15) is 17.3 Å². The normalized spacial score (nSPS) is 13.5. The molecule has 10 heteroatoms. The number of nitrogens with two attached hydrogens (primary N) is 1. The Bertz CT molecular complexity index is 1670. The van der Waals surface area contributed by atoms with Crippen LogP contribution in [0.4, 0.5) is 10.7 Å². The molecule has 0 bridgehead atoms. The number of nitrogen functional groups attached to an aromatic ring is 1. The van der Waals surface area contributed by atoms with Crippen molar-refractivity contribution in [2.45, 2.75) is 51.9 Å². The molecule has 10 nitrogen and oxygen atoms in total. The molecule has 2 heterocycles. The Kier molecular flexibility index (Phi) is 7.55. The van der Waals surface area contributed by atoms with Crippen LogP contribution in [0.25, 0.3) is 22.0 Å². The average Bonchev–Trinajstić information content (AvgIpc) is 3.38. The second kappa shape index (κ2) is 11.1. The molecule has 0 radical (unpaired) electrons. The van der Waals surface area contributed by atoms with Crippen LogP contribution in [-0.2, 0) is 29.0 Å².